The van der Waals surface area contributed by atoms with Gasteiger partial charge < -0.3 is 16.0 Å². The zero-order chi connectivity index (χ0) is 13.8. The van der Waals surface area contributed by atoms with Crippen molar-refractivity contribution in [3.8, 4) is 0 Å². The van der Waals surface area contributed by atoms with Crippen LogP contribution in [0.2, 0.25) is 0 Å². The molecule has 1 unspecified atom stereocenters. The van der Waals surface area contributed by atoms with Gasteiger partial charge >= 0.3 is 0 Å². The first-order valence-corrected chi connectivity index (χ1v) is 6.96. The van der Waals surface area contributed by atoms with E-state index in [2.05, 4.69) is 17.9 Å². The zero-order valence-electron chi connectivity index (χ0n) is 11.1. The number of rotatable bonds is 11. The maximum absolute atomic E-state index is 11.5. The summed E-state index contributed by atoms with van der Waals surface area (Å²) in [6.45, 7) is 3.86. The van der Waals surface area contributed by atoms with E-state index < -0.39 is 0 Å². The highest BCUT2D eigenvalue weighted by Gasteiger charge is 2.09. The Bertz CT molecular complexity index is 237. The van der Waals surface area contributed by atoms with E-state index in [4.69, 9.17) is 5.73 Å². The molecule has 0 radical (unpaired) electrons. The summed E-state index contributed by atoms with van der Waals surface area (Å²) >= 11 is 4.19. The van der Waals surface area contributed by atoms with Gasteiger partial charge in [-0.2, -0.15) is 12.6 Å². The number of nitrogens with one attached hydrogen (secondary N) is 1. The first-order valence-electron chi connectivity index (χ1n) is 6.44. The fraction of sp³-hybridized carbons (Fsp3) is 0.833. The second kappa shape index (κ2) is 11.3. The van der Waals surface area contributed by atoms with Crippen LogP contribution < -0.4 is 11.1 Å². The monoisotopic (exact) mass is 275 g/mol. The molecule has 0 heterocycles. The summed E-state index contributed by atoms with van der Waals surface area (Å²) in [5.41, 5.74) is 5.39. The maximum atomic E-state index is 11.5. The van der Waals surface area contributed by atoms with Crippen molar-refractivity contribution in [2.24, 2.45) is 5.73 Å². The quantitative estimate of drug-likeness (QED) is 0.290. The average Bonchev–Trinajstić information content (AvgIpc) is 2.32. The third-order valence-corrected chi connectivity index (χ3v) is 2.61. The van der Waals surface area contributed by atoms with E-state index in [0.29, 0.717) is 19.5 Å². The minimum Gasteiger partial charge on any atom is -0.355 e. The summed E-state index contributed by atoms with van der Waals surface area (Å²) in [6.07, 6.45) is 4.85. The third kappa shape index (κ3) is 10.4. The zero-order valence-corrected chi connectivity index (χ0v) is 12.0. The molecule has 18 heavy (non-hydrogen) atoms. The number of hydrogen-bond acceptors (Lipinski definition) is 4. The minimum absolute atomic E-state index is 0.0688. The molecule has 2 amide bonds. The number of carbonyl (C=O) groups is 2. The SMILES string of the molecule is CC(S)CN(C=O)CC(=O)NCCCCCCN. The standard InChI is InChI=1S/C12H25N3O2S/c1-11(18)8-15(10-16)9-12(17)14-7-5-3-2-4-6-13/h10-11,18H,2-9,13H2,1H3,(H,14,17). The van der Waals surface area contributed by atoms with Gasteiger partial charge in [0.15, 0.2) is 0 Å². The van der Waals surface area contributed by atoms with Crippen LogP contribution in [0.25, 0.3) is 0 Å². The first kappa shape index (κ1) is 17.2. The summed E-state index contributed by atoms with van der Waals surface area (Å²) in [7, 11) is 0. The molecular formula is C12H25N3O2S. The van der Waals surface area contributed by atoms with Crippen molar-refractivity contribution in [3.05, 3.63) is 0 Å². The van der Waals surface area contributed by atoms with E-state index in [1.165, 1.54) is 4.90 Å². The van der Waals surface area contributed by atoms with Gasteiger partial charge in [-0.1, -0.05) is 19.8 Å². The third-order valence-electron chi connectivity index (χ3n) is 2.45. The van der Waals surface area contributed by atoms with Crippen LogP contribution in [0.4, 0.5) is 0 Å². The number of carbonyl (C=O) groups excluding carboxylic acids is 2. The van der Waals surface area contributed by atoms with Crippen LogP contribution in [0.1, 0.15) is 32.6 Å². The molecule has 0 aromatic rings. The van der Waals surface area contributed by atoms with Crippen molar-refractivity contribution in [2.45, 2.75) is 37.9 Å². The van der Waals surface area contributed by atoms with E-state index in [9.17, 15) is 9.59 Å². The lowest BCUT2D eigenvalue weighted by molar-refractivity contribution is -0.128. The molecule has 0 saturated heterocycles. The second-order valence-corrected chi connectivity index (χ2v) is 5.32. The molecule has 1 atom stereocenters. The van der Waals surface area contributed by atoms with Gasteiger partial charge in [0.05, 0.1) is 6.54 Å². The molecular weight excluding hydrogens is 250 g/mol. The summed E-state index contributed by atoms with van der Waals surface area (Å²) < 4.78 is 0. The van der Waals surface area contributed by atoms with Crippen LogP contribution in [0, 0.1) is 0 Å². The molecule has 5 nitrogen and oxygen atoms in total. The number of nitrogens with two attached hydrogens (primary N) is 1. The predicted molar refractivity (Wildman–Crippen MR) is 76.6 cm³/mol. The van der Waals surface area contributed by atoms with Gasteiger partial charge in [0.25, 0.3) is 0 Å². The first-order chi connectivity index (χ1) is 8.60. The molecule has 0 fully saturated rings. The largest absolute Gasteiger partial charge is 0.355 e. The van der Waals surface area contributed by atoms with Gasteiger partial charge in [-0.05, 0) is 19.4 Å². The average molecular weight is 275 g/mol. The van der Waals surface area contributed by atoms with E-state index in [-0.39, 0.29) is 17.7 Å². The molecule has 0 saturated carbocycles. The lowest BCUT2D eigenvalue weighted by Crippen LogP contribution is -2.39. The summed E-state index contributed by atoms with van der Waals surface area (Å²) in [6, 6.07) is 0. The van der Waals surface area contributed by atoms with Gasteiger partial charge in [0, 0.05) is 18.3 Å². The van der Waals surface area contributed by atoms with E-state index >= 15 is 0 Å². The number of hydrogen-bond donors (Lipinski definition) is 3. The number of amides is 2. The maximum Gasteiger partial charge on any atom is 0.239 e. The lowest BCUT2D eigenvalue weighted by Gasteiger charge is -2.18. The van der Waals surface area contributed by atoms with Gasteiger partial charge in [-0.25, -0.2) is 0 Å². The van der Waals surface area contributed by atoms with E-state index in [1.807, 2.05) is 6.92 Å². The smallest absolute Gasteiger partial charge is 0.239 e. The molecule has 0 aliphatic heterocycles. The normalized spacial score (nSPS) is 11.9. The number of thiol groups is 1. The highest BCUT2D eigenvalue weighted by atomic mass is 32.1. The molecule has 0 aromatic carbocycles. The molecule has 0 aliphatic carbocycles. The van der Waals surface area contributed by atoms with Crippen molar-refractivity contribution in [3.63, 3.8) is 0 Å². The van der Waals surface area contributed by atoms with Gasteiger partial charge in [0.1, 0.15) is 0 Å². The summed E-state index contributed by atoms with van der Waals surface area (Å²) in [5.74, 6) is -0.116. The molecule has 0 rings (SSSR count). The Morgan fingerprint density at radius 3 is 2.61 bits per heavy atom. The van der Waals surface area contributed by atoms with Crippen LogP contribution in [-0.2, 0) is 9.59 Å². The van der Waals surface area contributed by atoms with E-state index in [0.717, 1.165) is 32.2 Å². The Morgan fingerprint density at radius 2 is 2.06 bits per heavy atom. The summed E-state index contributed by atoms with van der Waals surface area (Å²) in [5, 5.41) is 2.87. The molecule has 106 valence electrons. The van der Waals surface area contributed by atoms with Crippen LogP contribution >= 0.6 is 12.6 Å². The van der Waals surface area contributed by atoms with Gasteiger partial charge in [-0.3, -0.25) is 9.59 Å². The number of unbranched alkanes of at least 4 members (excludes halogenated alkanes) is 3. The van der Waals surface area contributed by atoms with Crippen molar-refractivity contribution < 1.29 is 9.59 Å². The fourth-order valence-electron chi connectivity index (χ4n) is 1.58. The highest BCUT2D eigenvalue weighted by Crippen LogP contribution is 1.98. The summed E-state index contributed by atoms with van der Waals surface area (Å²) in [4.78, 5) is 23.7. The van der Waals surface area contributed by atoms with Crippen LogP contribution in [-0.4, -0.2) is 48.6 Å². The Morgan fingerprint density at radius 1 is 1.39 bits per heavy atom. The van der Waals surface area contributed by atoms with Gasteiger partial charge in [-0.15, -0.1) is 0 Å². The lowest BCUT2D eigenvalue weighted by atomic mass is 10.2. The Hall–Kier alpha value is -0.750. The Labute approximate surface area is 115 Å². The predicted octanol–water partition coefficient (Wildman–Crippen LogP) is 0.398. The fourth-order valence-corrected chi connectivity index (χ4v) is 1.79. The van der Waals surface area contributed by atoms with Crippen LogP contribution in [0.3, 0.4) is 0 Å². The van der Waals surface area contributed by atoms with Crippen molar-refractivity contribution >= 4 is 24.9 Å². The second-order valence-electron chi connectivity index (χ2n) is 4.44. The Balaban J connectivity index is 3.59. The van der Waals surface area contributed by atoms with Crippen LogP contribution in [0.15, 0.2) is 0 Å². The number of nitrogens with zero attached hydrogens (tertiary/aromatic N) is 1. The minimum atomic E-state index is -0.116. The van der Waals surface area contributed by atoms with Crippen molar-refractivity contribution in [1.82, 2.24) is 10.2 Å². The molecule has 3 N–H and O–H groups in total. The molecule has 0 spiro atoms. The highest BCUT2D eigenvalue weighted by molar-refractivity contribution is 7.80. The molecule has 0 aromatic heterocycles. The van der Waals surface area contributed by atoms with Gasteiger partial charge in [0.2, 0.25) is 12.3 Å². The van der Waals surface area contributed by atoms with Crippen LogP contribution in [0.5, 0.6) is 0 Å². The van der Waals surface area contributed by atoms with Crippen molar-refractivity contribution in [1.29, 1.82) is 0 Å². The van der Waals surface area contributed by atoms with E-state index in [1.54, 1.807) is 0 Å². The molecule has 0 bridgehead atoms. The topological polar surface area (TPSA) is 75.4 Å². The molecule has 0 aliphatic rings. The molecule has 6 heteroatoms. The van der Waals surface area contributed by atoms with Crippen molar-refractivity contribution in [2.75, 3.05) is 26.2 Å². The Kier molecular flexibility index (Phi) is 10.9.